The van der Waals surface area contributed by atoms with Crippen LogP contribution in [0.15, 0.2) is 0 Å². The molecule has 1 spiro atoms. The van der Waals surface area contributed by atoms with Crippen LogP contribution < -0.4 is 0 Å². The smallest absolute Gasteiger partial charge is 0.168 e. The van der Waals surface area contributed by atoms with E-state index >= 15 is 0 Å². The van der Waals surface area contributed by atoms with Gasteiger partial charge in [0.15, 0.2) is 5.79 Å². The van der Waals surface area contributed by atoms with E-state index < -0.39 is 0 Å². The molecule has 1 heterocycles. The minimum absolute atomic E-state index is 0.183. The lowest BCUT2D eigenvalue weighted by molar-refractivity contribution is -0.307. The molecule has 2 rings (SSSR count). The van der Waals surface area contributed by atoms with Crippen LogP contribution in [0.5, 0.6) is 0 Å². The molecule has 1 aliphatic heterocycles. The molecule has 0 aromatic heterocycles. The zero-order valence-electron chi connectivity index (χ0n) is 8.01. The van der Waals surface area contributed by atoms with Gasteiger partial charge in [-0.1, -0.05) is 0 Å². The summed E-state index contributed by atoms with van der Waals surface area (Å²) in [7, 11) is 0. The Morgan fingerprint density at radius 1 is 1.00 bits per heavy atom. The highest BCUT2D eigenvalue weighted by Crippen LogP contribution is 2.40. The first kappa shape index (κ1) is 8.52. The summed E-state index contributed by atoms with van der Waals surface area (Å²) < 4.78 is 11.8. The van der Waals surface area contributed by atoms with E-state index in [1.165, 1.54) is 12.8 Å². The Bertz CT molecular complexity index is 149. The fourth-order valence-electron chi connectivity index (χ4n) is 2.47. The van der Waals surface area contributed by atoms with Crippen molar-refractivity contribution in [2.24, 2.45) is 0 Å². The molecule has 2 heteroatoms. The predicted molar refractivity (Wildman–Crippen MR) is 46.9 cm³/mol. The summed E-state index contributed by atoms with van der Waals surface area (Å²) in [5, 5.41) is 0. The van der Waals surface area contributed by atoms with Crippen molar-refractivity contribution in [2.75, 3.05) is 0 Å². The van der Waals surface area contributed by atoms with Crippen LogP contribution in [0.2, 0.25) is 0 Å². The second-order valence-electron chi connectivity index (χ2n) is 4.21. The van der Waals surface area contributed by atoms with E-state index in [1.807, 2.05) is 0 Å². The highest BCUT2D eigenvalue weighted by molar-refractivity contribution is 4.83. The predicted octanol–water partition coefficient (Wildman–Crippen LogP) is 2.47. The largest absolute Gasteiger partial charge is 0.347 e. The standard InChI is InChI=1S/C10H18O2/c1-8-7-9(2)12-10(11-8)5-3-4-6-10/h8-9H,3-7H2,1-2H3/t8-,9-/m0/s1. The van der Waals surface area contributed by atoms with Gasteiger partial charge in [0.05, 0.1) is 12.2 Å². The van der Waals surface area contributed by atoms with Gasteiger partial charge in [0, 0.05) is 12.8 Å². The van der Waals surface area contributed by atoms with Crippen LogP contribution in [0, 0.1) is 0 Å². The fraction of sp³-hybridized carbons (Fsp3) is 1.00. The van der Waals surface area contributed by atoms with Crippen molar-refractivity contribution in [1.82, 2.24) is 0 Å². The van der Waals surface area contributed by atoms with Crippen LogP contribution in [-0.4, -0.2) is 18.0 Å². The quantitative estimate of drug-likeness (QED) is 0.556. The van der Waals surface area contributed by atoms with E-state index in [1.54, 1.807) is 0 Å². The number of hydrogen-bond donors (Lipinski definition) is 0. The maximum Gasteiger partial charge on any atom is 0.168 e. The molecular formula is C10H18O2. The lowest BCUT2D eigenvalue weighted by Gasteiger charge is -2.40. The van der Waals surface area contributed by atoms with Gasteiger partial charge in [0.25, 0.3) is 0 Å². The average molecular weight is 170 g/mol. The Labute approximate surface area is 74.2 Å². The molecule has 2 fully saturated rings. The molecule has 70 valence electrons. The van der Waals surface area contributed by atoms with Gasteiger partial charge in [0.2, 0.25) is 0 Å². The normalized spacial score (nSPS) is 40.5. The maximum atomic E-state index is 5.88. The lowest BCUT2D eigenvalue weighted by Crippen LogP contribution is -2.44. The summed E-state index contributed by atoms with van der Waals surface area (Å²) in [5.41, 5.74) is 0. The second kappa shape index (κ2) is 3.00. The summed E-state index contributed by atoms with van der Waals surface area (Å²) in [4.78, 5) is 0. The minimum atomic E-state index is -0.183. The topological polar surface area (TPSA) is 18.5 Å². The number of hydrogen-bond acceptors (Lipinski definition) is 2. The Kier molecular flexibility index (Phi) is 2.13. The zero-order chi connectivity index (χ0) is 8.60. The second-order valence-corrected chi connectivity index (χ2v) is 4.21. The van der Waals surface area contributed by atoms with E-state index in [2.05, 4.69) is 13.8 Å². The SMILES string of the molecule is C[C@H]1C[C@H](C)OC2(CCCC2)O1. The molecule has 1 saturated heterocycles. The maximum absolute atomic E-state index is 5.88. The average Bonchev–Trinajstić information content (AvgIpc) is 2.33. The van der Waals surface area contributed by atoms with Gasteiger partial charge >= 0.3 is 0 Å². The van der Waals surface area contributed by atoms with Gasteiger partial charge in [-0.05, 0) is 33.1 Å². The van der Waals surface area contributed by atoms with Gasteiger partial charge in [-0.25, -0.2) is 0 Å². The summed E-state index contributed by atoms with van der Waals surface area (Å²) in [5.74, 6) is -0.183. The van der Waals surface area contributed by atoms with Crippen LogP contribution >= 0.6 is 0 Å². The molecule has 0 radical (unpaired) electrons. The van der Waals surface area contributed by atoms with Crippen molar-refractivity contribution in [1.29, 1.82) is 0 Å². The van der Waals surface area contributed by atoms with E-state index in [0.717, 1.165) is 19.3 Å². The van der Waals surface area contributed by atoms with Crippen molar-refractivity contribution in [3.63, 3.8) is 0 Å². The van der Waals surface area contributed by atoms with Crippen LogP contribution in [0.4, 0.5) is 0 Å². The first-order chi connectivity index (χ1) is 5.70. The van der Waals surface area contributed by atoms with Gasteiger partial charge in [-0.15, -0.1) is 0 Å². The molecule has 0 aromatic carbocycles. The first-order valence-electron chi connectivity index (χ1n) is 5.06. The summed E-state index contributed by atoms with van der Waals surface area (Å²) in [6.45, 7) is 4.30. The molecule has 0 bridgehead atoms. The van der Waals surface area contributed by atoms with Crippen molar-refractivity contribution in [3.05, 3.63) is 0 Å². The Hall–Kier alpha value is -0.0800. The van der Waals surface area contributed by atoms with Gasteiger partial charge in [-0.2, -0.15) is 0 Å². The Morgan fingerprint density at radius 3 is 2.00 bits per heavy atom. The van der Waals surface area contributed by atoms with E-state index in [9.17, 15) is 0 Å². The molecule has 0 amide bonds. The molecule has 0 aromatic rings. The Morgan fingerprint density at radius 2 is 1.50 bits per heavy atom. The molecule has 0 N–H and O–H groups in total. The van der Waals surface area contributed by atoms with Crippen LogP contribution in [0.25, 0.3) is 0 Å². The van der Waals surface area contributed by atoms with Gasteiger partial charge in [0.1, 0.15) is 0 Å². The van der Waals surface area contributed by atoms with Crippen LogP contribution in [0.1, 0.15) is 46.0 Å². The lowest BCUT2D eigenvalue weighted by atomic mass is 10.1. The van der Waals surface area contributed by atoms with Crippen molar-refractivity contribution in [3.8, 4) is 0 Å². The van der Waals surface area contributed by atoms with Crippen LogP contribution in [0.3, 0.4) is 0 Å². The molecule has 2 atom stereocenters. The fourth-order valence-corrected chi connectivity index (χ4v) is 2.47. The summed E-state index contributed by atoms with van der Waals surface area (Å²) in [6.07, 6.45) is 6.53. The van der Waals surface area contributed by atoms with E-state index in [-0.39, 0.29) is 5.79 Å². The highest BCUT2D eigenvalue weighted by atomic mass is 16.7. The van der Waals surface area contributed by atoms with Crippen molar-refractivity contribution < 1.29 is 9.47 Å². The van der Waals surface area contributed by atoms with E-state index in [4.69, 9.17) is 9.47 Å². The third-order valence-corrected chi connectivity index (χ3v) is 2.86. The Balaban J connectivity index is 2.04. The van der Waals surface area contributed by atoms with Gasteiger partial charge in [-0.3, -0.25) is 0 Å². The minimum Gasteiger partial charge on any atom is -0.347 e. The highest BCUT2D eigenvalue weighted by Gasteiger charge is 2.42. The van der Waals surface area contributed by atoms with Crippen molar-refractivity contribution >= 4 is 0 Å². The molecule has 2 aliphatic rings. The third-order valence-electron chi connectivity index (χ3n) is 2.86. The number of ether oxygens (including phenoxy) is 2. The van der Waals surface area contributed by atoms with Gasteiger partial charge < -0.3 is 9.47 Å². The molecular weight excluding hydrogens is 152 g/mol. The first-order valence-corrected chi connectivity index (χ1v) is 5.06. The summed E-state index contributed by atoms with van der Waals surface area (Å²) >= 11 is 0. The zero-order valence-corrected chi connectivity index (χ0v) is 8.01. The molecule has 1 aliphatic carbocycles. The molecule has 12 heavy (non-hydrogen) atoms. The van der Waals surface area contributed by atoms with E-state index in [0.29, 0.717) is 12.2 Å². The third kappa shape index (κ3) is 1.50. The molecule has 0 unspecified atom stereocenters. The number of rotatable bonds is 0. The molecule has 2 nitrogen and oxygen atoms in total. The monoisotopic (exact) mass is 170 g/mol. The van der Waals surface area contributed by atoms with Crippen molar-refractivity contribution in [2.45, 2.75) is 63.9 Å². The summed E-state index contributed by atoms with van der Waals surface area (Å²) in [6, 6.07) is 0. The van der Waals surface area contributed by atoms with Crippen LogP contribution in [-0.2, 0) is 9.47 Å². The molecule has 1 saturated carbocycles.